The molecule has 1 aromatic heterocycles. The van der Waals surface area contributed by atoms with Gasteiger partial charge in [-0.2, -0.15) is 0 Å². The molecule has 1 heterocycles. The average molecular weight is 176 g/mol. The zero-order chi connectivity index (χ0) is 9.26. The van der Waals surface area contributed by atoms with Crippen molar-refractivity contribution in [3.8, 4) is 0 Å². The van der Waals surface area contributed by atoms with Gasteiger partial charge in [-0.1, -0.05) is 0 Å². The molecule has 1 aliphatic rings. The van der Waals surface area contributed by atoms with Crippen molar-refractivity contribution >= 4 is 11.6 Å². The molecule has 68 valence electrons. The van der Waals surface area contributed by atoms with Gasteiger partial charge < -0.3 is 5.32 Å². The molecule has 1 fully saturated rings. The van der Waals surface area contributed by atoms with Gasteiger partial charge in [0.15, 0.2) is 0 Å². The fourth-order valence-electron chi connectivity index (χ4n) is 1.18. The van der Waals surface area contributed by atoms with Crippen molar-refractivity contribution < 1.29 is 4.79 Å². The molecular weight excluding hydrogens is 164 g/mol. The molecule has 0 aromatic carbocycles. The maximum absolute atomic E-state index is 11.4. The van der Waals surface area contributed by atoms with Crippen LogP contribution in [0.1, 0.15) is 18.4 Å². The largest absolute Gasteiger partial charge is 0.324 e. The molecule has 3 nitrogen and oxygen atoms in total. The first-order valence-corrected chi connectivity index (χ1v) is 4.49. The fourth-order valence-corrected chi connectivity index (χ4v) is 1.18. The maximum atomic E-state index is 11.4. The first-order chi connectivity index (χ1) is 6.27. The highest BCUT2D eigenvalue weighted by Crippen LogP contribution is 2.30. The topological polar surface area (TPSA) is 42.0 Å². The Labute approximate surface area is 77.2 Å². The van der Waals surface area contributed by atoms with E-state index in [-0.39, 0.29) is 11.8 Å². The van der Waals surface area contributed by atoms with E-state index in [0.717, 1.165) is 24.1 Å². The number of aromatic nitrogens is 1. The van der Waals surface area contributed by atoms with E-state index in [9.17, 15) is 4.79 Å². The van der Waals surface area contributed by atoms with Crippen LogP contribution in [0.4, 0.5) is 5.69 Å². The molecule has 1 saturated carbocycles. The number of nitrogens with zero attached hydrogens (tertiary/aromatic N) is 1. The minimum atomic E-state index is 0.135. The van der Waals surface area contributed by atoms with E-state index in [1.165, 1.54) is 0 Å². The van der Waals surface area contributed by atoms with Crippen LogP contribution in [-0.4, -0.2) is 10.9 Å². The molecule has 1 aliphatic carbocycles. The van der Waals surface area contributed by atoms with Gasteiger partial charge in [0.25, 0.3) is 0 Å². The van der Waals surface area contributed by atoms with Crippen LogP contribution in [-0.2, 0) is 4.79 Å². The average Bonchev–Trinajstić information content (AvgIpc) is 2.91. The lowest BCUT2D eigenvalue weighted by molar-refractivity contribution is -0.117. The Kier molecular flexibility index (Phi) is 2.00. The third kappa shape index (κ3) is 1.86. The predicted octanol–water partition coefficient (Wildman–Crippen LogP) is 1.74. The molecular formula is C10H12N2O. The minimum absolute atomic E-state index is 0.135. The normalized spacial score (nSPS) is 15.5. The highest BCUT2D eigenvalue weighted by molar-refractivity contribution is 5.94. The van der Waals surface area contributed by atoms with Gasteiger partial charge >= 0.3 is 0 Å². The molecule has 1 N–H and O–H groups in total. The summed E-state index contributed by atoms with van der Waals surface area (Å²) in [6, 6.07) is 1.89. The Hall–Kier alpha value is -1.38. The van der Waals surface area contributed by atoms with Crippen LogP contribution in [0.5, 0.6) is 0 Å². The van der Waals surface area contributed by atoms with Crippen molar-refractivity contribution in [1.29, 1.82) is 0 Å². The Bertz CT molecular complexity index is 331. The van der Waals surface area contributed by atoms with Crippen LogP contribution in [0.15, 0.2) is 18.5 Å². The molecule has 0 atom stereocenters. The lowest BCUT2D eigenvalue weighted by Gasteiger charge is -2.05. The van der Waals surface area contributed by atoms with Gasteiger partial charge in [0.1, 0.15) is 0 Å². The monoisotopic (exact) mass is 176 g/mol. The third-order valence-electron chi connectivity index (χ3n) is 2.25. The summed E-state index contributed by atoms with van der Waals surface area (Å²) in [6.45, 7) is 1.96. The number of aryl methyl sites for hydroxylation is 1. The molecule has 0 unspecified atom stereocenters. The number of nitrogens with one attached hydrogen (secondary N) is 1. The molecule has 2 rings (SSSR count). The number of pyridine rings is 1. The summed E-state index contributed by atoms with van der Waals surface area (Å²) >= 11 is 0. The van der Waals surface area contributed by atoms with Gasteiger partial charge in [-0.3, -0.25) is 9.78 Å². The van der Waals surface area contributed by atoms with Crippen LogP contribution < -0.4 is 5.32 Å². The van der Waals surface area contributed by atoms with Crippen molar-refractivity contribution in [3.63, 3.8) is 0 Å². The van der Waals surface area contributed by atoms with E-state index in [2.05, 4.69) is 10.3 Å². The molecule has 0 spiro atoms. The van der Waals surface area contributed by atoms with Gasteiger partial charge in [0.2, 0.25) is 5.91 Å². The molecule has 1 aromatic rings. The van der Waals surface area contributed by atoms with E-state index < -0.39 is 0 Å². The van der Waals surface area contributed by atoms with Gasteiger partial charge in [0, 0.05) is 12.1 Å². The summed E-state index contributed by atoms with van der Waals surface area (Å²) in [5, 5.41) is 2.87. The van der Waals surface area contributed by atoms with Crippen LogP contribution >= 0.6 is 0 Å². The number of carbonyl (C=O) groups is 1. The van der Waals surface area contributed by atoms with Gasteiger partial charge in [-0.25, -0.2) is 0 Å². The Balaban J connectivity index is 2.08. The lowest BCUT2D eigenvalue weighted by atomic mass is 10.2. The van der Waals surface area contributed by atoms with Crippen molar-refractivity contribution in [2.75, 3.05) is 5.32 Å². The van der Waals surface area contributed by atoms with E-state index in [4.69, 9.17) is 0 Å². The molecule has 13 heavy (non-hydrogen) atoms. The Morgan fingerprint density at radius 1 is 1.62 bits per heavy atom. The van der Waals surface area contributed by atoms with Crippen LogP contribution in [0.25, 0.3) is 0 Å². The summed E-state index contributed by atoms with van der Waals surface area (Å²) in [4.78, 5) is 15.4. The minimum Gasteiger partial charge on any atom is -0.324 e. The van der Waals surface area contributed by atoms with Crippen molar-refractivity contribution in [2.24, 2.45) is 5.92 Å². The predicted molar refractivity (Wildman–Crippen MR) is 50.3 cm³/mol. The first-order valence-electron chi connectivity index (χ1n) is 4.49. The summed E-state index contributed by atoms with van der Waals surface area (Å²) in [5.74, 6) is 0.385. The maximum Gasteiger partial charge on any atom is 0.227 e. The molecule has 3 heteroatoms. The first kappa shape index (κ1) is 8.23. The molecule has 0 aliphatic heterocycles. The van der Waals surface area contributed by atoms with Crippen LogP contribution in [0.3, 0.4) is 0 Å². The molecule has 0 radical (unpaired) electrons. The summed E-state index contributed by atoms with van der Waals surface area (Å²) < 4.78 is 0. The standard InChI is InChI=1S/C10H12N2O/c1-7-4-5-11-6-9(7)12-10(13)8-2-3-8/h4-6,8H,2-3H2,1H3,(H,12,13). The van der Waals surface area contributed by atoms with Crippen LogP contribution in [0, 0.1) is 12.8 Å². The van der Waals surface area contributed by atoms with Gasteiger partial charge in [-0.05, 0) is 31.4 Å². The van der Waals surface area contributed by atoms with Crippen LogP contribution in [0.2, 0.25) is 0 Å². The molecule has 0 saturated heterocycles. The highest BCUT2D eigenvalue weighted by atomic mass is 16.2. The lowest BCUT2D eigenvalue weighted by Crippen LogP contribution is -2.14. The number of anilines is 1. The number of amides is 1. The van der Waals surface area contributed by atoms with E-state index in [1.54, 1.807) is 12.4 Å². The molecule has 1 amide bonds. The highest BCUT2D eigenvalue weighted by Gasteiger charge is 2.29. The number of hydrogen-bond donors (Lipinski definition) is 1. The van der Waals surface area contributed by atoms with E-state index >= 15 is 0 Å². The second kappa shape index (κ2) is 3.17. The quantitative estimate of drug-likeness (QED) is 0.745. The summed E-state index contributed by atoms with van der Waals surface area (Å²) in [7, 11) is 0. The van der Waals surface area contributed by atoms with Gasteiger partial charge in [0.05, 0.1) is 11.9 Å². The fraction of sp³-hybridized carbons (Fsp3) is 0.400. The van der Waals surface area contributed by atoms with E-state index in [0.29, 0.717) is 0 Å². The summed E-state index contributed by atoms with van der Waals surface area (Å²) in [6.07, 6.45) is 5.48. The zero-order valence-electron chi connectivity index (χ0n) is 7.58. The third-order valence-corrected chi connectivity index (χ3v) is 2.25. The van der Waals surface area contributed by atoms with Crippen molar-refractivity contribution in [2.45, 2.75) is 19.8 Å². The zero-order valence-corrected chi connectivity index (χ0v) is 7.58. The Morgan fingerprint density at radius 2 is 2.38 bits per heavy atom. The second-order valence-electron chi connectivity index (χ2n) is 3.45. The smallest absolute Gasteiger partial charge is 0.227 e. The van der Waals surface area contributed by atoms with E-state index in [1.807, 2.05) is 13.0 Å². The number of carbonyl (C=O) groups excluding carboxylic acids is 1. The second-order valence-corrected chi connectivity index (χ2v) is 3.45. The van der Waals surface area contributed by atoms with Crippen molar-refractivity contribution in [1.82, 2.24) is 4.98 Å². The SMILES string of the molecule is Cc1ccncc1NC(=O)C1CC1. The summed E-state index contributed by atoms with van der Waals surface area (Å²) in [5.41, 5.74) is 1.89. The van der Waals surface area contributed by atoms with Crippen molar-refractivity contribution in [3.05, 3.63) is 24.0 Å². The molecule has 0 bridgehead atoms. The number of rotatable bonds is 2. The number of hydrogen-bond acceptors (Lipinski definition) is 2. The Morgan fingerprint density at radius 3 is 3.00 bits per heavy atom. The van der Waals surface area contributed by atoms with Gasteiger partial charge in [-0.15, -0.1) is 0 Å².